The molecule has 0 heterocycles. The van der Waals surface area contributed by atoms with Crippen molar-refractivity contribution in [3.05, 3.63) is 33.3 Å². The van der Waals surface area contributed by atoms with Gasteiger partial charge >= 0.3 is 5.97 Å². The summed E-state index contributed by atoms with van der Waals surface area (Å²) in [7, 11) is 0. The molecule has 16 heavy (non-hydrogen) atoms. The van der Waals surface area contributed by atoms with Crippen molar-refractivity contribution in [1.82, 2.24) is 0 Å². The van der Waals surface area contributed by atoms with E-state index in [0.717, 1.165) is 21.2 Å². The zero-order valence-electron chi connectivity index (χ0n) is 10.1. The number of carboxylic acids is 1. The first-order valence-corrected chi connectivity index (χ1v) is 6.02. The van der Waals surface area contributed by atoms with Gasteiger partial charge in [0.1, 0.15) is 0 Å². The fourth-order valence-electron chi connectivity index (χ4n) is 1.62. The first kappa shape index (κ1) is 13.2. The molecule has 0 fully saturated rings. The Kier molecular flexibility index (Phi) is 3.79. The molecular weight excluding hydrogens is 268 g/mol. The molecule has 0 aliphatic carbocycles. The second-order valence-electron chi connectivity index (χ2n) is 4.90. The molecule has 2 nitrogen and oxygen atoms in total. The first-order chi connectivity index (χ1) is 7.24. The molecule has 3 heteroatoms. The molecule has 1 rings (SSSR count). The highest BCUT2D eigenvalue weighted by atomic mass is 79.9. The Bertz CT molecular complexity index is 422. The van der Waals surface area contributed by atoms with E-state index >= 15 is 0 Å². The average molecular weight is 285 g/mol. The maximum absolute atomic E-state index is 11.1. The smallest absolute Gasteiger partial charge is 0.309 e. The number of aryl methyl sites for hydroxylation is 1. The summed E-state index contributed by atoms with van der Waals surface area (Å²) in [5.74, 6) is -0.760. The van der Waals surface area contributed by atoms with Gasteiger partial charge in [-0.2, -0.15) is 0 Å². The maximum atomic E-state index is 11.1. The number of carbonyl (C=O) groups is 1. The third kappa shape index (κ3) is 2.85. The number of hydrogen-bond acceptors (Lipinski definition) is 1. The third-order valence-corrected chi connectivity index (χ3v) is 3.63. The van der Waals surface area contributed by atoms with Gasteiger partial charge in [0, 0.05) is 4.47 Å². The SMILES string of the molecule is Cc1cc(Br)c(C)c(CC(C)(C)C(=O)O)c1. The molecule has 0 bridgehead atoms. The number of hydrogen-bond donors (Lipinski definition) is 1. The molecule has 88 valence electrons. The van der Waals surface area contributed by atoms with Gasteiger partial charge in [-0.25, -0.2) is 0 Å². The van der Waals surface area contributed by atoms with Crippen LogP contribution < -0.4 is 0 Å². The molecule has 0 aliphatic rings. The van der Waals surface area contributed by atoms with Gasteiger partial charge in [-0.3, -0.25) is 4.79 Å². The normalized spacial score (nSPS) is 11.6. The van der Waals surface area contributed by atoms with Gasteiger partial charge in [0.15, 0.2) is 0 Å². The van der Waals surface area contributed by atoms with Gasteiger partial charge in [0.25, 0.3) is 0 Å². The van der Waals surface area contributed by atoms with Gasteiger partial charge in [-0.15, -0.1) is 0 Å². The van der Waals surface area contributed by atoms with Gasteiger partial charge in [0.2, 0.25) is 0 Å². The Balaban J connectivity index is 3.11. The van der Waals surface area contributed by atoms with E-state index in [1.54, 1.807) is 13.8 Å². The van der Waals surface area contributed by atoms with Crippen molar-refractivity contribution in [2.24, 2.45) is 5.41 Å². The zero-order valence-corrected chi connectivity index (χ0v) is 11.7. The highest BCUT2D eigenvalue weighted by molar-refractivity contribution is 9.10. The predicted octanol–water partition coefficient (Wildman–Crippen LogP) is 3.72. The summed E-state index contributed by atoms with van der Waals surface area (Å²) in [6.07, 6.45) is 0.550. The van der Waals surface area contributed by atoms with Crippen LogP contribution in [0.5, 0.6) is 0 Å². The van der Waals surface area contributed by atoms with Crippen LogP contribution in [0.4, 0.5) is 0 Å². The van der Waals surface area contributed by atoms with Crippen LogP contribution in [-0.2, 0) is 11.2 Å². The van der Waals surface area contributed by atoms with Crippen molar-refractivity contribution in [2.45, 2.75) is 34.1 Å². The van der Waals surface area contributed by atoms with Crippen molar-refractivity contribution < 1.29 is 9.90 Å². The minimum Gasteiger partial charge on any atom is -0.481 e. The van der Waals surface area contributed by atoms with Crippen molar-refractivity contribution in [3.8, 4) is 0 Å². The molecule has 0 saturated carbocycles. The minimum absolute atomic E-state index is 0.550. The molecule has 1 aromatic carbocycles. The first-order valence-electron chi connectivity index (χ1n) is 5.23. The van der Waals surface area contributed by atoms with Crippen LogP contribution >= 0.6 is 15.9 Å². The Labute approximate surface area is 105 Å². The molecule has 1 aromatic rings. The molecule has 0 aromatic heterocycles. The highest BCUT2D eigenvalue weighted by Gasteiger charge is 2.28. The van der Waals surface area contributed by atoms with E-state index in [4.69, 9.17) is 5.11 Å². The van der Waals surface area contributed by atoms with Crippen molar-refractivity contribution >= 4 is 21.9 Å². The quantitative estimate of drug-likeness (QED) is 0.919. The standard InChI is InChI=1S/C13H17BrO2/c1-8-5-10(9(2)11(14)6-8)7-13(3,4)12(15)16/h5-6H,7H2,1-4H3,(H,15,16). The third-order valence-electron chi connectivity index (χ3n) is 2.81. The summed E-state index contributed by atoms with van der Waals surface area (Å²) in [6.45, 7) is 7.54. The van der Waals surface area contributed by atoms with Crippen LogP contribution in [0.2, 0.25) is 0 Å². The van der Waals surface area contributed by atoms with Crippen LogP contribution in [0.15, 0.2) is 16.6 Å². The Morgan fingerprint density at radius 3 is 2.44 bits per heavy atom. The Morgan fingerprint density at radius 1 is 1.38 bits per heavy atom. The number of rotatable bonds is 3. The van der Waals surface area contributed by atoms with Gasteiger partial charge < -0.3 is 5.11 Å². The highest BCUT2D eigenvalue weighted by Crippen LogP contribution is 2.28. The summed E-state index contributed by atoms with van der Waals surface area (Å²) in [6, 6.07) is 4.11. The number of halogens is 1. The van der Waals surface area contributed by atoms with Crippen LogP contribution in [0.25, 0.3) is 0 Å². The lowest BCUT2D eigenvalue weighted by Crippen LogP contribution is -2.26. The molecule has 1 N–H and O–H groups in total. The van der Waals surface area contributed by atoms with Crippen molar-refractivity contribution in [2.75, 3.05) is 0 Å². The summed E-state index contributed by atoms with van der Waals surface area (Å²) >= 11 is 3.49. The number of benzene rings is 1. The van der Waals surface area contributed by atoms with E-state index in [0.29, 0.717) is 6.42 Å². The van der Waals surface area contributed by atoms with Gasteiger partial charge in [-0.1, -0.05) is 22.0 Å². The van der Waals surface area contributed by atoms with E-state index in [2.05, 4.69) is 22.0 Å². The van der Waals surface area contributed by atoms with E-state index in [1.165, 1.54) is 0 Å². The lowest BCUT2D eigenvalue weighted by Gasteiger charge is -2.21. The van der Waals surface area contributed by atoms with E-state index < -0.39 is 11.4 Å². The second-order valence-corrected chi connectivity index (χ2v) is 5.75. The van der Waals surface area contributed by atoms with E-state index in [9.17, 15) is 4.79 Å². The molecule has 0 saturated heterocycles. The largest absolute Gasteiger partial charge is 0.481 e. The lowest BCUT2D eigenvalue weighted by molar-refractivity contribution is -0.146. The minimum atomic E-state index is -0.760. The van der Waals surface area contributed by atoms with Crippen LogP contribution in [0.1, 0.15) is 30.5 Å². The van der Waals surface area contributed by atoms with Crippen molar-refractivity contribution in [3.63, 3.8) is 0 Å². The van der Waals surface area contributed by atoms with Crippen LogP contribution in [0, 0.1) is 19.3 Å². The molecular formula is C13H17BrO2. The molecule has 0 atom stereocenters. The fourth-order valence-corrected chi connectivity index (χ4v) is 2.24. The maximum Gasteiger partial charge on any atom is 0.309 e. The van der Waals surface area contributed by atoms with E-state index in [1.807, 2.05) is 19.9 Å². The summed E-state index contributed by atoms with van der Waals surface area (Å²) in [5.41, 5.74) is 2.64. The topological polar surface area (TPSA) is 37.3 Å². The Hall–Kier alpha value is -0.830. The van der Waals surface area contributed by atoms with Crippen LogP contribution in [0.3, 0.4) is 0 Å². The Morgan fingerprint density at radius 2 is 1.94 bits per heavy atom. The molecule has 0 radical (unpaired) electrons. The van der Waals surface area contributed by atoms with Gasteiger partial charge in [-0.05, 0) is 56.9 Å². The van der Waals surface area contributed by atoms with E-state index in [-0.39, 0.29) is 0 Å². The van der Waals surface area contributed by atoms with Crippen LogP contribution in [-0.4, -0.2) is 11.1 Å². The molecule has 0 spiro atoms. The predicted molar refractivity (Wildman–Crippen MR) is 68.7 cm³/mol. The van der Waals surface area contributed by atoms with Crippen molar-refractivity contribution in [1.29, 1.82) is 0 Å². The average Bonchev–Trinajstić information content (AvgIpc) is 2.12. The summed E-state index contributed by atoms with van der Waals surface area (Å²) in [5, 5.41) is 9.12. The zero-order chi connectivity index (χ0) is 12.5. The number of carboxylic acid groups (broad SMARTS) is 1. The second kappa shape index (κ2) is 4.58. The summed E-state index contributed by atoms with van der Waals surface area (Å²) in [4.78, 5) is 11.1. The lowest BCUT2D eigenvalue weighted by atomic mass is 9.84. The molecule has 0 amide bonds. The summed E-state index contributed by atoms with van der Waals surface area (Å²) < 4.78 is 1.05. The number of aliphatic carboxylic acids is 1. The molecule has 0 aliphatic heterocycles. The fraction of sp³-hybridized carbons (Fsp3) is 0.462. The molecule has 0 unspecified atom stereocenters. The van der Waals surface area contributed by atoms with Gasteiger partial charge in [0.05, 0.1) is 5.41 Å². The monoisotopic (exact) mass is 284 g/mol.